The summed E-state index contributed by atoms with van der Waals surface area (Å²) in [6.45, 7) is 17.5. The van der Waals surface area contributed by atoms with Crippen molar-refractivity contribution in [3.8, 4) is 0 Å². The van der Waals surface area contributed by atoms with Crippen LogP contribution in [-0.4, -0.2) is 0 Å². The summed E-state index contributed by atoms with van der Waals surface area (Å²) in [5, 5.41) is 0. The molecule has 1 unspecified atom stereocenters. The molecular formula is C14H24. The van der Waals surface area contributed by atoms with Crippen molar-refractivity contribution in [2.45, 2.75) is 53.4 Å². The minimum atomic E-state index is 0.185. The molecule has 1 atom stereocenters. The van der Waals surface area contributed by atoms with Crippen molar-refractivity contribution < 1.29 is 0 Å². The van der Waals surface area contributed by atoms with Crippen LogP contribution in [-0.2, 0) is 0 Å². The topological polar surface area (TPSA) is 0 Å². The molecule has 1 aliphatic carbocycles. The Bertz CT molecular complexity index is 257. The van der Waals surface area contributed by atoms with Crippen LogP contribution in [0.5, 0.6) is 0 Å². The summed E-state index contributed by atoms with van der Waals surface area (Å²) in [4.78, 5) is 0. The first-order chi connectivity index (χ1) is 6.32. The number of rotatable bonds is 2. The summed E-state index contributed by atoms with van der Waals surface area (Å²) in [6, 6.07) is 0. The highest BCUT2D eigenvalue weighted by molar-refractivity contribution is 5.23. The monoisotopic (exact) mass is 192 g/mol. The molecule has 0 amide bonds. The highest BCUT2D eigenvalue weighted by atomic mass is 14.5. The zero-order valence-electron chi connectivity index (χ0n) is 10.2. The molecular weight excluding hydrogens is 168 g/mol. The van der Waals surface area contributed by atoms with Crippen LogP contribution in [0.2, 0.25) is 0 Å². The summed E-state index contributed by atoms with van der Waals surface area (Å²) in [7, 11) is 0. The minimum Gasteiger partial charge on any atom is -0.0996 e. The van der Waals surface area contributed by atoms with E-state index in [0.29, 0.717) is 0 Å². The lowest BCUT2D eigenvalue weighted by molar-refractivity contribution is 0.135. The molecule has 1 aliphatic rings. The van der Waals surface area contributed by atoms with Gasteiger partial charge in [-0.15, -0.1) is 0 Å². The summed E-state index contributed by atoms with van der Waals surface area (Å²) in [5.41, 5.74) is 3.15. The molecule has 1 saturated carbocycles. The quantitative estimate of drug-likeness (QED) is 0.555. The Balaban J connectivity index is 3.03. The van der Waals surface area contributed by atoms with Crippen molar-refractivity contribution in [1.82, 2.24) is 0 Å². The fourth-order valence-electron chi connectivity index (χ4n) is 2.50. The molecule has 0 spiro atoms. The van der Waals surface area contributed by atoms with Crippen LogP contribution in [0.3, 0.4) is 0 Å². The van der Waals surface area contributed by atoms with Gasteiger partial charge in [-0.2, -0.15) is 0 Å². The first-order valence-corrected chi connectivity index (χ1v) is 5.66. The summed E-state index contributed by atoms with van der Waals surface area (Å²) >= 11 is 0. The van der Waals surface area contributed by atoms with Gasteiger partial charge < -0.3 is 0 Å². The molecule has 14 heavy (non-hydrogen) atoms. The average Bonchev–Trinajstić information content (AvgIpc) is 2.09. The van der Waals surface area contributed by atoms with Crippen LogP contribution in [0, 0.1) is 10.8 Å². The lowest BCUT2D eigenvalue weighted by Crippen LogP contribution is -2.39. The van der Waals surface area contributed by atoms with E-state index in [4.69, 9.17) is 0 Å². The molecule has 0 heterocycles. The fourth-order valence-corrected chi connectivity index (χ4v) is 2.50. The van der Waals surface area contributed by atoms with Crippen LogP contribution in [0.4, 0.5) is 0 Å². The molecule has 0 aromatic rings. The largest absolute Gasteiger partial charge is 0.0996 e. The standard InChI is InChI=1S/C14H24/c1-11(2)13(4,5)14(6)10-8-7-9-12(14)3/h1,3,7-10H2,2,4-6H3. The second-order valence-electron chi connectivity index (χ2n) is 5.55. The van der Waals surface area contributed by atoms with Crippen molar-refractivity contribution in [1.29, 1.82) is 0 Å². The van der Waals surface area contributed by atoms with E-state index < -0.39 is 0 Å². The Morgan fingerprint density at radius 2 is 1.93 bits per heavy atom. The first kappa shape index (κ1) is 11.6. The molecule has 0 radical (unpaired) electrons. The Morgan fingerprint density at radius 1 is 1.36 bits per heavy atom. The number of hydrogen-bond acceptors (Lipinski definition) is 0. The molecule has 0 N–H and O–H groups in total. The zero-order chi connectivity index (χ0) is 11.0. The van der Waals surface area contributed by atoms with Crippen LogP contribution in [0.1, 0.15) is 53.4 Å². The summed E-state index contributed by atoms with van der Waals surface area (Å²) in [5.74, 6) is 0. The van der Waals surface area contributed by atoms with Crippen LogP contribution in [0.15, 0.2) is 24.3 Å². The molecule has 0 saturated heterocycles. The highest BCUT2D eigenvalue weighted by Gasteiger charge is 2.44. The lowest BCUT2D eigenvalue weighted by atomic mass is 9.55. The molecule has 0 nitrogen and oxygen atoms in total. The lowest BCUT2D eigenvalue weighted by Gasteiger charge is -2.49. The molecule has 0 aromatic heterocycles. The third kappa shape index (κ3) is 1.55. The van der Waals surface area contributed by atoms with Crippen LogP contribution in [0.25, 0.3) is 0 Å². The van der Waals surface area contributed by atoms with E-state index in [1.807, 2.05) is 0 Å². The van der Waals surface area contributed by atoms with Gasteiger partial charge in [-0.1, -0.05) is 51.5 Å². The van der Waals surface area contributed by atoms with Crippen LogP contribution >= 0.6 is 0 Å². The maximum atomic E-state index is 4.27. The van der Waals surface area contributed by atoms with Gasteiger partial charge in [-0.25, -0.2) is 0 Å². The minimum absolute atomic E-state index is 0.185. The van der Waals surface area contributed by atoms with E-state index in [0.717, 1.165) is 0 Å². The van der Waals surface area contributed by atoms with Crippen molar-refractivity contribution in [2.75, 3.05) is 0 Å². The third-order valence-electron chi connectivity index (χ3n) is 4.63. The summed E-state index contributed by atoms with van der Waals surface area (Å²) in [6.07, 6.45) is 5.13. The smallest absolute Gasteiger partial charge is 0.00310 e. The van der Waals surface area contributed by atoms with E-state index in [9.17, 15) is 0 Å². The first-order valence-electron chi connectivity index (χ1n) is 5.66. The van der Waals surface area contributed by atoms with Gasteiger partial charge >= 0.3 is 0 Å². The van der Waals surface area contributed by atoms with Crippen molar-refractivity contribution in [3.63, 3.8) is 0 Å². The predicted molar refractivity (Wildman–Crippen MR) is 64.3 cm³/mol. The number of allylic oxidation sites excluding steroid dienone is 2. The number of hydrogen-bond donors (Lipinski definition) is 0. The van der Waals surface area contributed by atoms with E-state index >= 15 is 0 Å². The van der Waals surface area contributed by atoms with Crippen LogP contribution < -0.4 is 0 Å². The van der Waals surface area contributed by atoms with Crippen molar-refractivity contribution >= 4 is 0 Å². The van der Waals surface area contributed by atoms with Crippen molar-refractivity contribution in [2.24, 2.45) is 10.8 Å². The van der Waals surface area contributed by atoms with Gasteiger partial charge in [0, 0.05) is 0 Å². The van der Waals surface area contributed by atoms with Gasteiger partial charge in [0.25, 0.3) is 0 Å². The molecule has 0 aliphatic heterocycles. The van der Waals surface area contributed by atoms with E-state index in [1.165, 1.54) is 36.8 Å². The Hall–Kier alpha value is -0.520. The Labute approximate surface area is 89.1 Å². The van der Waals surface area contributed by atoms with E-state index in [2.05, 4.69) is 40.9 Å². The summed E-state index contributed by atoms with van der Waals surface area (Å²) < 4.78 is 0. The van der Waals surface area contributed by atoms with E-state index in [-0.39, 0.29) is 10.8 Å². The molecule has 0 aromatic carbocycles. The molecule has 0 heteroatoms. The Morgan fingerprint density at radius 3 is 2.36 bits per heavy atom. The van der Waals surface area contributed by atoms with E-state index in [1.54, 1.807) is 0 Å². The third-order valence-corrected chi connectivity index (χ3v) is 4.63. The fraction of sp³-hybridized carbons (Fsp3) is 0.714. The molecule has 0 bridgehead atoms. The predicted octanol–water partition coefficient (Wildman–Crippen LogP) is 4.73. The average molecular weight is 192 g/mol. The second kappa shape index (κ2) is 3.56. The van der Waals surface area contributed by atoms with Gasteiger partial charge in [-0.05, 0) is 37.0 Å². The molecule has 80 valence electrons. The maximum Gasteiger partial charge on any atom is -0.00310 e. The van der Waals surface area contributed by atoms with Gasteiger partial charge in [0.15, 0.2) is 0 Å². The maximum absolute atomic E-state index is 4.27. The second-order valence-corrected chi connectivity index (χ2v) is 5.55. The molecule has 1 fully saturated rings. The molecule has 1 rings (SSSR count). The normalized spacial score (nSPS) is 29.0. The van der Waals surface area contributed by atoms with Crippen molar-refractivity contribution in [3.05, 3.63) is 24.3 Å². The van der Waals surface area contributed by atoms with Gasteiger partial charge in [-0.3, -0.25) is 0 Å². The van der Waals surface area contributed by atoms with Gasteiger partial charge in [0.05, 0.1) is 0 Å². The van der Waals surface area contributed by atoms with Gasteiger partial charge in [0.1, 0.15) is 0 Å². The zero-order valence-corrected chi connectivity index (χ0v) is 10.2. The Kier molecular flexibility index (Phi) is 2.94. The highest BCUT2D eigenvalue weighted by Crippen LogP contribution is 2.54. The SMILES string of the molecule is C=C(C)C(C)(C)C1(C)CCCCC1=C. The van der Waals surface area contributed by atoms with Gasteiger partial charge in [0.2, 0.25) is 0 Å².